The van der Waals surface area contributed by atoms with Crippen LogP contribution in [0.15, 0.2) is 53.5 Å². The molecule has 0 aromatic heterocycles. The number of nitrogens with zero attached hydrogens (tertiary/aromatic N) is 2. The number of esters is 1. The molecule has 0 radical (unpaired) electrons. The van der Waals surface area contributed by atoms with Gasteiger partial charge in [-0.3, -0.25) is 15.1 Å². The summed E-state index contributed by atoms with van der Waals surface area (Å²) in [6, 6.07) is 13.4. The number of nitro groups is 1. The van der Waals surface area contributed by atoms with Crippen LogP contribution in [0.25, 0.3) is 0 Å². The zero-order valence-corrected chi connectivity index (χ0v) is 13.5. The van der Waals surface area contributed by atoms with E-state index in [9.17, 15) is 14.9 Å². The first kappa shape index (κ1) is 16.6. The maximum atomic E-state index is 11.9. The van der Waals surface area contributed by atoms with Gasteiger partial charge in [0.1, 0.15) is 5.84 Å². The highest BCUT2D eigenvalue weighted by Gasteiger charge is 2.14. The number of amidine groups is 1. The van der Waals surface area contributed by atoms with E-state index < -0.39 is 10.9 Å². The molecule has 2 aromatic carbocycles. The summed E-state index contributed by atoms with van der Waals surface area (Å²) in [5.74, 6) is 0.385. The molecule has 0 saturated carbocycles. The van der Waals surface area contributed by atoms with Crippen LogP contribution in [-0.4, -0.2) is 29.9 Å². The number of carbonyl (C=O) groups excluding carboxylic acids is 1. The number of aliphatic imine (C=N–C) groups is 1. The van der Waals surface area contributed by atoms with Crippen LogP contribution in [-0.2, 0) is 11.3 Å². The summed E-state index contributed by atoms with van der Waals surface area (Å²) < 4.78 is 5.17. The lowest BCUT2D eigenvalue weighted by Crippen LogP contribution is -2.25. The van der Waals surface area contributed by atoms with Gasteiger partial charge in [0.15, 0.2) is 0 Å². The minimum Gasteiger partial charge on any atom is -0.462 e. The van der Waals surface area contributed by atoms with Crippen LogP contribution < -0.4 is 5.32 Å². The number of fused-ring (bicyclic) bond motifs is 1. The van der Waals surface area contributed by atoms with Crippen molar-refractivity contribution in [3.8, 4) is 0 Å². The number of hydrogen-bond donors (Lipinski definition) is 1. The van der Waals surface area contributed by atoms with Crippen molar-refractivity contribution in [2.45, 2.75) is 13.0 Å². The molecular formula is C18H17N3O4. The first-order valence-corrected chi connectivity index (χ1v) is 7.93. The summed E-state index contributed by atoms with van der Waals surface area (Å²) in [5, 5.41) is 13.8. The van der Waals surface area contributed by atoms with Gasteiger partial charge in [0, 0.05) is 24.2 Å². The van der Waals surface area contributed by atoms with Gasteiger partial charge in [-0.15, -0.1) is 0 Å². The molecule has 1 aliphatic rings. The largest absolute Gasteiger partial charge is 0.462 e. The maximum Gasteiger partial charge on any atom is 0.338 e. The second kappa shape index (κ2) is 7.57. The smallest absolute Gasteiger partial charge is 0.338 e. The number of nitrogens with one attached hydrogen (secondary N) is 1. The van der Waals surface area contributed by atoms with Crippen molar-refractivity contribution >= 4 is 17.5 Å². The molecule has 0 amide bonds. The van der Waals surface area contributed by atoms with Gasteiger partial charge in [0.05, 0.1) is 23.6 Å². The lowest BCUT2D eigenvalue weighted by molar-refractivity contribution is -0.384. The number of hydrogen-bond acceptors (Lipinski definition) is 6. The molecule has 128 valence electrons. The molecular weight excluding hydrogens is 322 g/mol. The van der Waals surface area contributed by atoms with Gasteiger partial charge < -0.3 is 10.1 Å². The average molecular weight is 339 g/mol. The number of carbonyl (C=O) groups is 1. The van der Waals surface area contributed by atoms with Crippen LogP contribution in [0.5, 0.6) is 0 Å². The van der Waals surface area contributed by atoms with Crippen molar-refractivity contribution in [1.29, 1.82) is 0 Å². The highest BCUT2D eigenvalue weighted by molar-refractivity contribution is 6.01. The molecule has 0 spiro atoms. The van der Waals surface area contributed by atoms with E-state index in [0.717, 1.165) is 11.4 Å². The van der Waals surface area contributed by atoms with Crippen LogP contribution in [0.2, 0.25) is 0 Å². The lowest BCUT2D eigenvalue weighted by atomic mass is 10.1. The molecule has 1 N–H and O–H groups in total. The number of nitro benzene ring substituents is 1. The fourth-order valence-corrected chi connectivity index (χ4v) is 2.54. The molecule has 25 heavy (non-hydrogen) atoms. The molecule has 0 fully saturated rings. The Bertz CT molecular complexity index is 815. The molecule has 0 aliphatic carbocycles. The second-order valence-electron chi connectivity index (χ2n) is 5.54. The normalized spacial score (nSPS) is 12.2. The third-order valence-electron chi connectivity index (χ3n) is 3.84. The van der Waals surface area contributed by atoms with E-state index in [0.29, 0.717) is 25.1 Å². The van der Waals surface area contributed by atoms with E-state index in [4.69, 9.17) is 4.74 Å². The minimum absolute atomic E-state index is 0.0571. The van der Waals surface area contributed by atoms with Crippen molar-refractivity contribution in [2.24, 2.45) is 4.99 Å². The van der Waals surface area contributed by atoms with Gasteiger partial charge in [-0.25, -0.2) is 4.79 Å². The molecule has 7 heteroatoms. The second-order valence-corrected chi connectivity index (χ2v) is 5.54. The molecule has 0 atom stereocenters. The summed E-state index contributed by atoms with van der Waals surface area (Å²) >= 11 is 0. The van der Waals surface area contributed by atoms with Crippen molar-refractivity contribution in [3.63, 3.8) is 0 Å². The van der Waals surface area contributed by atoms with Crippen molar-refractivity contribution in [1.82, 2.24) is 5.32 Å². The van der Waals surface area contributed by atoms with Crippen molar-refractivity contribution in [2.75, 3.05) is 13.2 Å². The van der Waals surface area contributed by atoms with E-state index >= 15 is 0 Å². The van der Waals surface area contributed by atoms with E-state index in [-0.39, 0.29) is 12.3 Å². The van der Waals surface area contributed by atoms with Gasteiger partial charge in [-0.1, -0.05) is 24.3 Å². The Morgan fingerprint density at radius 2 is 1.96 bits per heavy atom. The summed E-state index contributed by atoms with van der Waals surface area (Å²) in [6.07, 6.45) is 0.639. The predicted octanol–water partition coefficient (Wildman–Crippen LogP) is 2.69. The monoisotopic (exact) mass is 339 g/mol. The third kappa shape index (κ3) is 4.00. The molecule has 1 aliphatic heterocycles. The van der Waals surface area contributed by atoms with Crippen LogP contribution in [0.4, 0.5) is 5.69 Å². The van der Waals surface area contributed by atoms with E-state index in [1.807, 2.05) is 18.2 Å². The summed E-state index contributed by atoms with van der Waals surface area (Å²) in [7, 11) is 0. The topological polar surface area (TPSA) is 93.8 Å². The molecule has 0 bridgehead atoms. The van der Waals surface area contributed by atoms with Crippen molar-refractivity contribution < 1.29 is 14.5 Å². The molecule has 3 rings (SSSR count). The maximum absolute atomic E-state index is 11.9. The summed E-state index contributed by atoms with van der Waals surface area (Å²) in [4.78, 5) is 26.4. The van der Waals surface area contributed by atoms with Crippen LogP contribution in [0, 0.1) is 10.1 Å². The Balaban J connectivity index is 1.40. The fourth-order valence-electron chi connectivity index (χ4n) is 2.54. The van der Waals surface area contributed by atoms with Crippen LogP contribution >= 0.6 is 0 Å². The van der Waals surface area contributed by atoms with Crippen LogP contribution in [0.3, 0.4) is 0 Å². The first-order chi connectivity index (χ1) is 12.1. The Morgan fingerprint density at radius 1 is 1.20 bits per heavy atom. The highest BCUT2D eigenvalue weighted by atomic mass is 16.6. The highest BCUT2D eigenvalue weighted by Crippen LogP contribution is 2.17. The van der Waals surface area contributed by atoms with E-state index in [1.165, 1.54) is 29.8 Å². The van der Waals surface area contributed by atoms with E-state index in [1.54, 1.807) is 0 Å². The summed E-state index contributed by atoms with van der Waals surface area (Å²) in [6.45, 7) is 1.59. The van der Waals surface area contributed by atoms with Gasteiger partial charge in [-0.05, 0) is 24.1 Å². The average Bonchev–Trinajstić information content (AvgIpc) is 3.04. The standard InChI is InChI=1S/C18H17N3O4/c22-18(13-6-8-15(9-7-13)21(23)24)25-11-3-10-19-17-16-5-2-1-4-14(16)12-20-17/h1-2,4-9H,3,10-12H2,(H,19,20). The summed E-state index contributed by atoms with van der Waals surface area (Å²) in [5.41, 5.74) is 2.56. The molecule has 2 aromatic rings. The fraction of sp³-hybridized carbons (Fsp3) is 0.222. The quantitative estimate of drug-likeness (QED) is 0.378. The number of ether oxygens (including phenoxy) is 1. The van der Waals surface area contributed by atoms with Gasteiger partial charge in [-0.2, -0.15) is 0 Å². The predicted molar refractivity (Wildman–Crippen MR) is 92.7 cm³/mol. The van der Waals surface area contributed by atoms with Gasteiger partial charge in [0.25, 0.3) is 5.69 Å². The van der Waals surface area contributed by atoms with Gasteiger partial charge >= 0.3 is 5.97 Å². The molecule has 7 nitrogen and oxygen atoms in total. The van der Waals surface area contributed by atoms with Crippen molar-refractivity contribution in [3.05, 3.63) is 75.3 Å². The Labute approximate surface area is 144 Å². The van der Waals surface area contributed by atoms with Crippen LogP contribution in [0.1, 0.15) is 27.9 Å². The Morgan fingerprint density at radius 3 is 2.72 bits per heavy atom. The molecule has 0 unspecified atom stereocenters. The lowest BCUT2D eigenvalue weighted by Gasteiger charge is -2.08. The molecule has 1 heterocycles. The number of benzene rings is 2. The Kier molecular flexibility index (Phi) is 5.03. The first-order valence-electron chi connectivity index (χ1n) is 7.93. The third-order valence-corrected chi connectivity index (χ3v) is 3.84. The zero-order valence-electron chi connectivity index (χ0n) is 13.5. The Hall–Kier alpha value is -3.22. The minimum atomic E-state index is -0.509. The number of non-ortho nitro benzene ring substituents is 1. The SMILES string of the molecule is O=C(OCCCNC1=NCc2ccccc21)c1ccc([N+](=O)[O-])cc1. The molecule has 0 saturated heterocycles. The number of rotatable bonds is 6. The van der Waals surface area contributed by atoms with E-state index in [2.05, 4.69) is 16.4 Å². The van der Waals surface area contributed by atoms with Gasteiger partial charge in [0.2, 0.25) is 0 Å². The zero-order chi connectivity index (χ0) is 17.6.